The van der Waals surface area contributed by atoms with Gasteiger partial charge in [0, 0.05) is 86.1 Å². The predicted molar refractivity (Wildman–Crippen MR) is 407 cm³/mol. The zero-order valence-electron chi connectivity index (χ0n) is 63.5. The van der Waals surface area contributed by atoms with Gasteiger partial charge in [-0.1, -0.05) is 109 Å². The predicted octanol–water partition coefficient (Wildman–Crippen LogP) is 10.7. The third-order valence-electron chi connectivity index (χ3n) is 18.7. The van der Waals surface area contributed by atoms with Gasteiger partial charge in [0.05, 0.1) is 33.0 Å². The first-order valence-electron chi connectivity index (χ1n) is 36.3. The number of urea groups is 1. The number of hydrogen-bond donors (Lipinski definition) is 6. The van der Waals surface area contributed by atoms with Gasteiger partial charge in [-0.2, -0.15) is 58.6 Å². The molecule has 29 nitrogen and oxygen atoms in total. The fourth-order valence-electron chi connectivity index (χ4n) is 13.1. The highest BCUT2D eigenvalue weighted by molar-refractivity contribution is 7.86. The number of fused-ring (bicyclic) bond motifs is 2. The number of aryl methyl sites for hydroxylation is 1. The third-order valence-corrected chi connectivity index (χ3v) is 21.1. The fourth-order valence-corrected chi connectivity index (χ4v) is 14.6. The maximum absolute atomic E-state index is 14.0. The third kappa shape index (κ3) is 32.3. The molecular formula is C78H100N5O24S4+. The lowest BCUT2D eigenvalue weighted by Crippen LogP contribution is -2.46. The average Bonchev–Trinajstić information content (AvgIpc) is 1.59. The van der Waals surface area contributed by atoms with Crippen molar-refractivity contribution in [1.82, 2.24) is 16.0 Å². The van der Waals surface area contributed by atoms with Crippen molar-refractivity contribution in [3.8, 4) is 5.75 Å². The van der Waals surface area contributed by atoms with Crippen molar-refractivity contribution in [2.24, 2.45) is 0 Å². The summed E-state index contributed by atoms with van der Waals surface area (Å²) in [6.07, 6.45) is 21.6. The number of benzene rings is 4. The number of ketones is 3. The normalized spacial score (nSPS) is 15.2. The number of nitrogens with zero attached hydrogens (tertiary/aromatic N) is 2. The highest BCUT2D eigenvalue weighted by Gasteiger charge is 2.45. The van der Waals surface area contributed by atoms with Crippen molar-refractivity contribution in [3.05, 3.63) is 160 Å². The SMILES string of the molecule is CCCCC[N+]1=C(/C=C/C2=C(Oc3ccc(CCCC(=O)[C@H](Cc4ccccc4)NC(=O)CCCCCCC(=O)CCCNC(=O)N[C@H](CC)C(=O)CCS(=O)(=O)O)cc3)C(=C/C=C3/N(CCCC)c4ccc(S(=O)(=O)O)cc4C3(C)C)/CCC2)C(C)(C)c2cc(S(=O)(=O)O)ccc21.O=C=O.O=C=O.O=C=O.O=S(=O)=O. The molecule has 0 bridgehead atoms. The van der Waals surface area contributed by atoms with Crippen LogP contribution in [-0.2, 0) is 113 Å². The Morgan fingerprint density at radius 3 is 1.77 bits per heavy atom. The molecule has 6 N–H and O–H groups in total. The van der Waals surface area contributed by atoms with Crippen LogP contribution in [0.4, 0.5) is 16.2 Å². The first kappa shape index (κ1) is 95.6. The Hall–Kier alpha value is -9.65. The largest absolute Gasteiger partial charge is 0.457 e. The van der Waals surface area contributed by atoms with Gasteiger partial charge in [0.2, 0.25) is 11.6 Å². The summed E-state index contributed by atoms with van der Waals surface area (Å²) in [6, 6.07) is 24.8. The van der Waals surface area contributed by atoms with Crippen LogP contribution in [0.15, 0.2) is 148 Å². The summed E-state index contributed by atoms with van der Waals surface area (Å²) in [5.41, 5.74) is 7.84. The minimum Gasteiger partial charge on any atom is -0.457 e. The minimum atomic E-state index is -4.46. The molecule has 2 aliphatic heterocycles. The van der Waals surface area contributed by atoms with E-state index in [0.29, 0.717) is 88.8 Å². The minimum absolute atomic E-state index is 0.0391. The molecule has 33 heteroatoms. The zero-order valence-corrected chi connectivity index (χ0v) is 66.7. The lowest BCUT2D eigenvalue weighted by molar-refractivity contribution is -0.438. The van der Waals surface area contributed by atoms with Gasteiger partial charge < -0.3 is 25.6 Å². The van der Waals surface area contributed by atoms with Crippen LogP contribution in [0.1, 0.15) is 199 Å². The Labute approximate surface area is 650 Å². The van der Waals surface area contributed by atoms with Crippen molar-refractivity contribution in [1.29, 1.82) is 0 Å². The number of hydrogen-bond acceptors (Lipinski definition) is 22. The van der Waals surface area contributed by atoms with E-state index >= 15 is 0 Å². The van der Waals surface area contributed by atoms with E-state index in [4.69, 9.17) is 50.7 Å². The van der Waals surface area contributed by atoms with Crippen LogP contribution in [-0.4, -0.2) is 147 Å². The molecule has 3 aliphatic rings. The molecule has 0 saturated heterocycles. The average molecular weight is 1620 g/mol. The number of ether oxygens (including phenoxy) is 1. The van der Waals surface area contributed by atoms with E-state index < -0.39 is 87.9 Å². The molecule has 4 aromatic carbocycles. The standard InChI is InChI=1S/C75H99N5O15S3.3CO2.O3S/c1-8-11-20-48-80-66-42-40-60(98(92,93)94)52-62(66)75(6,7)70(80)44-36-56-28-22-27-55(35-43-69-74(4,5)61-51-59(97(89,90)91)39-41-65(61)79(69)47-12-9-2)72(56)95-58-37-33-53(34-38-58)26-21-31-67(82)64(50-54-24-16-15-17-25-54)77-71(84)32-19-14-13-18-29-57(81)30-23-46-76-73(85)78-63(10-3)68(83)45-49-96(86,87)88;3*2-1-3;1-4(2)3/h15-17,24-25,33-44,51-52,63-64H,8-14,18-23,26-32,45-50H2,1-7H3,(H5-,76,77,78,84,85,86,87,88,89,90,91,92,93,94);;;;/p+1/t63-,64+;;;;/m1..../s1. The summed E-state index contributed by atoms with van der Waals surface area (Å²) in [4.78, 5) is 115. The van der Waals surface area contributed by atoms with Crippen molar-refractivity contribution in [2.75, 3.05) is 30.3 Å². The van der Waals surface area contributed by atoms with Crippen molar-refractivity contribution in [2.45, 2.75) is 222 Å². The summed E-state index contributed by atoms with van der Waals surface area (Å²) >= 11 is 0. The van der Waals surface area contributed by atoms with Crippen LogP contribution in [0.3, 0.4) is 0 Å². The van der Waals surface area contributed by atoms with Gasteiger partial charge in [-0.15, -0.1) is 12.6 Å². The number of anilines is 1. The molecule has 0 saturated carbocycles. The molecule has 0 aromatic heterocycles. The second-order valence-electron chi connectivity index (χ2n) is 27.3. The Bertz CT molecular complexity index is 4580. The summed E-state index contributed by atoms with van der Waals surface area (Å²) in [5, 5.41) is 8.13. The van der Waals surface area contributed by atoms with E-state index in [2.05, 4.69) is 91.3 Å². The molecule has 111 heavy (non-hydrogen) atoms. The highest BCUT2D eigenvalue weighted by Crippen LogP contribution is 2.49. The molecule has 1 aliphatic carbocycles. The van der Waals surface area contributed by atoms with E-state index in [1.165, 1.54) is 12.1 Å². The van der Waals surface area contributed by atoms with Gasteiger partial charge in [0.25, 0.3) is 30.4 Å². The Morgan fingerprint density at radius 2 is 1.19 bits per heavy atom. The quantitative estimate of drug-likeness (QED) is 0.0137. The number of allylic oxidation sites excluding steroid dienone is 7. The topological polar surface area (TPSA) is 454 Å². The van der Waals surface area contributed by atoms with Gasteiger partial charge in [0.1, 0.15) is 23.8 Å². The maximum Gasteiger partial charge on any atom is 0.425 e. The molecule has 0 spiro atoms. The monoisotopic (exact) mass is 1620 g/mol. The second kappa shape index (κ2) is 47.5. The van der Waals surface area contributed by atoms with Gasteiger partial charge >= 0.3 is 35.1 Å². The smallest absolute Gasteiger partial charge is 0.425 e. The van der Waals surface area contributed by atoms with Crippen LogP contribution in [0.2, 0.25) is 0 Å². The second-order valence-corrected chi connectivity index (χ2v) is 32.2. The number of carbonyl (C=O) groups excluding carboxylic acids is 11. The summed E-state index contributed by atoms with van der Waals surface area (Å²) in [6.45, 7) is 15.8. The molecule has 0 fully saturated rings. The molecule has 2 atom stereocenters. The zero-order chi connectivity index (χ0) is 83.1. The fraction of sp³-hybridized carbons (Fsp3) is 0.474. The molecule has 0 unspecified atom stereocenters. The van der Waals surface area contributed by atoms with Crippen LogP contribution < -0.4 is 25.6 Å². The lowest BCUT2D eigenvalue weighted by Gasteiger charge is -2.27. The van der Waals surface area contributed by atoms with Gasteiger partial charge in [0.15, 0.2) is 17.3 Å². The van der Waals surface area contributed by atoms with Crippen molar-refractivity contribution >= 4 is 106 Å². The van der Waals surface area contributed by atoms with Crippen LogP contribution in [0, 0.1) is 0 Å². The first-order chi connectivity index (χ1) is 52.4. The molecular weight excluding hydrogens is 1520 g/mol. The van der Waals surface area contributed by atoms with Crippen LogP contribution in [0.5, 0.6) is 5.75 Å². The van der Waals surface area contributed by atoms with E-state index in [0.717, 1.165) is 101 Å². The van der Waals surface area contributed by atoms with Gasteiger partial charge in [-0.3, -0.25) is 32.8 Å². The Balaban J connectivity index is 0.00000228. The van der Waals surface area contributed by atoms with Crippen LogP contribution >= 0.6 is 0 Å². The van der Waals surface area contributed by atoms with E-state index in [-0.39, 0.29) is 77.9 Å². The van der Waals surface area contributed by atoms with E-state index in [1.54, 1.807) is 31.2 Å². The van der Waals surface area contributed by atoms with E-state index in [1.807, 2.05) is 54.6 Å². The Kier molecular flexibility index (Phi) is 40.9. The van der Waals surface area contributed by atoms with Gasteiger partial charge in [-0.05, 0) is 173 Å². The molecule has 604 valence electrons. The Morgan fingerprint density at radius 1 is 0.613 bits per heavy atom. The number of unbranched alkanes of at least 4 members (excludes halogenated alkanes) is 6. The number of nitrogens with one attached hydrogen (secondary N) is 3. The van der Waals surface area contributed by atoms with Crippen LogP contribution in [0.25, 0.3) is 0 Å². The van der Waals surface area contributed by atoms with Crippen molar-refractivity contribution in [3.63, 3.8) is 0 Å². The summed E-state index contributed by atoms with van der Waals surface area (Å²) in [7, 11) is -16.3. The lowest BCUT2D eigenvalue weighted by atomic mass is 9.81. The molecule has 4 aromatic rings. The van der Waals surface area contributed by atoms with E-state index in [9.17, 15) is 58.3 Å². The van der Waals surface area contributed by atoms with Gasteiger partial charge in [-0.25, -0.2) is 4.79 Å². The highest BCUT2D eigenvalue weighted by atomic mass is 32.2. The number of carbonyl (C=O) groups is 5. The first-order valence-corrected chi connectivity index (χ1v) is 41.8. The summed E-state index contributed by atoms with van der Waals surface area (Å²) in [5.74, 6) is -0.200. The summed E-state index contributed by atoms with van der Waals surface area (Å²) < 4.78 is 135. The number of rotatable bonds is 39. The number of amides is 3. The number of Topliss-reactive ketones (excluding diaryl/α,β-unsaturated/α-hetero) is 3. The maximum atomic E-state index is 14.0. The van der Waals surface area contributed by atoms with Crippen molar-refractivity contribution < 1.29 is 114 Å². The molecule has 3 amide bonds. The molecule has 7 rings (SSSR count). The molecule has 2 heterocycles. The molecule has 0 radical (unpaired) electrons.